The van der Waals surface area contributed by atoms with Crippen LogP contribution in [-0.4, -0.2) is 22.0 Å². The molecule has 1 amide bonds. The van der Waals surface area contributed by atoms with Crippen LogP contribution in [0.2, 0.25) is 5.02 Å². The third-order valence-electron chi connectivity index (χ3n) is 5.35. The number of hydrogen-bond acceptors (Lipinski definition) is 5. The summed E-state index contributed by atoms with van der Waals surface area (Å²) in [6, 6.07) is 19.2. The molecule has 0 aliphatic carbocycles. The lowest BCUT2D eigenvalue weighted by Crippen LogP contribution is -2.44. The number of fused-ring (bicyclic) bond motifs is 1. The van der Waals surface area contributed by atoms with Crippen molar-refractivity contribution in [3.63, 3.8) is 0 Å². The number of anilines is 1. The van der Waals surface area contributed by atoms with Crippen LogP contribution >= 0.6 is 22.9 Å². The molecule has 5 nitrogen and oxygen atoms in total. The first-order valence-corrected chi connectivity index (χ1v) is 11.4. The molecule has 1 unspecified atom stereocenters. The monoisotopic (exact) mass is 461 g/mol. The van der Waals surface area contributed by atoms with Crippen LogP contribution in [0.15, 0.2) is 66.9 Å². The van der Waals surface area contributed by atoms with E-state index in [0.29, 0.717) is 17.3 Å². The molecule has 0 saturated heterocycles. The normalized spacial score (nSPS) is 15.4. The average Bonchev–Trinajstić information content (AvgIpc) is 3.19. The first-order valence-electron chi connectivity index (χ1n) is 10.3. The molecule has 1 aliphatic heterocycles. The molecule has 32 heavy (non-hydrogen) atoms. The smallest absolute Gasteiger partial charge is 0.268 e. The Balaban J connectivity index is 1.55. The number of nitrogens with zero attached hydrogens (tertiary/aromatic N) is 3. The van der Waals surface area contributed by atoms with Crippen LogP contribution in [0.4, 0.5) is 5.69 Å². The van der Waals surface area contributed by atoms with E-state index in [1.807, 2.05) is 67.6 Å². The lowest BCUT2D eigenvalue weighted by molar-refractivity contribution is -0.125. The molecule has 4 aromatic rings. The topological polar surface area (TPSA) is 55.3 Å². The molecule has 0 bridgehead atoms. The van der Waals surface area contributed by atoms with Gasteiger partial charge in [0, 0.05) is 21.7 Å². The second kappa shape index (κ2) is 8.37. The van der Waals surface area contributed by atoms with Gasteiger partial charge in [-0.25, -0.2) is 4.98 Å². The van der Waals surface area contributed by atoms with Gasteiger partial charge in [0.15, 0.2) is 6.10 Å². The number of pyridine rings is 1. The van der Waals surface area contributed by atoms with Crippen molar-refractivity contribution >= 4 is 34.5 Å². The van der Waals surface area contributed by atoms with Crippen LogP contribution in [-0.2, 0) is 11.3 Å². The highest BCUT2D eigenvalue weighted by Crippen LogP contribution is 2.40. The van der Waals surface area contributed by atoms with Crippen molar-refractivity contribution in [1.82, 2.24) is 9.97 Å². The highest BCUT2D eigenvalue weighted by molar-refractivity contribution is 7.15. The minimum atomic E-state index is -0.552. The van der Waals surface area contributed by atoms with E-state index in [1.54, 1.807) is 29.4 Å². The molecule has 2 aromatic heterocycles. The van der Waals surface area contributed by atoms with Crippen molar-refractivity contribution in [2.24, 2.45) is 0 Å². The number of hydrogen-bond donors (Lipinski definition) is 0. The molecular formula is C25H20ClN3O2S. The van der Waals surface area contributed by atoms with Crippen LogP contribution in [0.5, 0.6) is 5.75 Å². The lowest BCUT2D eigenvalue weighted by atomic mass is 10.1. The SMILES string of the molecule is Cc1sc(-c2ccccn2)nc1-c1ccc2c(c1)N(Cc1cccc(Cl)c1)C(=O)C(C)O2. The Morgan fingerprint density at radius 2 is 2.00 bits per heavy atom. The summed E-state index contributed by atoms with van der Waals surface area (Å²) in [5, 5.41) is 1.51. The highest BCUT2D eigenvalue weighted by atomic mass is 35.5. The molecule has 0 radical (unpaired) electrons. The molecule has 0 N–H and O–H groups in total. The number of halogens is 1. The molecule has 0 saturated carbocycles. The Morgan fingerprint density at radius 1 is 1.12 bits per heavy atom. The summed E-state index contributed by atoms with van der Waals surface area (Å²) in [7, 11) is 0. The highest BCUT2D eigenvalue weighted by Gasteiger charge is 2.32. The van der Waals surface area contributed by atoms with E-state index in [-0.39, 0.29) is 5.91 Å². The van der Waals surface area contributed by atoms with Gasteiger partial charge >= 0.3 is 0 Å². The Hall–Kier alpha value is -3.22. The lowest BCUT2D eigenvalue weighted by Gasteiger charge is -2.33. The largest absolute Gasteiger partial charge is 0.479 e. The van der Waals surface area contributed by atoms with E-state index in [0.717, 1.165) is 38.1 Å². The maximum absolute atomic E-state index is 13.0. The van der Waals surface area contributed by atoms with Gasteiger partial charge in [-0.2, -0.15) is 0 Å². The van der Waals surface area contributed by atoms with Crippen molar-refractivity contribution < 1.29 is 9.53 Å². The zero-order chi connectivity index (χ0) is 22.2. The molecule has 2 aromatic carbocycles. The van der Waals surface area contributed by atoms with Crippen LogP contribution < -0.4 is 9.64 Å². The summed E-state index contributed by atoms with van der Waals surface area (Å²) in [4.78, 5) is 25.1. The molecule has 0 fully saturated rings. The van der Waals surface area contributed by atoms with Crippen molar-refractivity contribution in [1.29, 1.82) is 0 Å². The number of carbonyl (C=O) groups excluding carboxylic acids is 1. The summed E-state index contributed by atoms with van der Waals surface area (Å²) < 4.78 is 5.89. The first-order chi connectivity index (χ1) is 15.5. The molecular weight excluding hydrogens is 442 g/mol. The number of aromatic nitrogens is 2. The maximum atomic E-state index is 13.0. The molecule has 0 spiro atoms. The van der Waals surface area contributed by atoms with Gasteiger partial charge in [-0.05, 0) is 61.9 Å². The Kier molecular flexibility index (Phi) is 5.41. The van der Waals surface area contributed by atoms with E-state index in [2.05, 4.69) is 4.98 Å². The Bertz CT molecular complexity index is 1310. The van der Waals surface area contributed by atoms with E-state index in [1.165, 1.54) is 0 Å². The summed E-state index contributed by atoms with van der Waals surface area (Å²) in [6.07, 6.45) is 1.21. The molecule has 160 valence electrons. The van der Waals surface area contributed by atoms with Crippen molar-refractivity contribution in [2.45, 2.75) is 26.5 Å². The number of ether oxygens (including phenoxy) is 1. The third-order valence-corrected chi connectivity index (χ3v) is 6.58. The fourth-order valence-electron chi connectivity index (χ4n) is 3.80. The summed E-state index contributed by atoms with van der Waals surface area (Å²) in [5.41, 5.74) is 4.35. The number of carbonyl (C=O) groups is 1. The Labute approximate surface area is 195 Å². The van der Waals surface area contributed by atoms with Crippen LogP contribution in [0.3, 0.4) is 0 Å². The van der Waals surface area contributed by atoms with E-state index in [9.17, 15) is 4.79 Å². The zero-order valence-electron chi connectivity index (χ0n) is 17.6. The average molecular weight is 462 g/mol. The fraction of sp³-hybridized carbons (Fsp3) is 0.160. The van der Waals surface area contributed by atoms with Crippen molar-refractivity contribution in [2.75, 3.05) is 4.90 Å². The van der Waals surface area contributed by atoms with E-state index < -0.39 is 6.10 Å². The van der Waals surface area contributed by atoms with Gasteiger partial charge in [0.2, 0.25) is 0 Å². The van der Waals surface area contributed by atoms with Gasteiger partial charge in [-0.15, -0.1) is 11.3 Å². The molecule has 1 atom stereocenters. The number of aryl methyl sites for hydroxylation is 1. The van der Waals surface area contributed by atoms with Gasteiger partial charge in [-0.1, -0.05) is 29.8 Å². The van der Waals surface area contributed by atoms with Crippen LogP contribution in [0, 0.1) is 6.92 Å². The quantitative estimate of drug-likeness (QED) is 0.366. The number of thiazole rings is 1. The van der Waals surface area contributed by atoms with Crippen LogP contribution in [0.1, 0.15) is 17.4 Å². The first kappa shape index (κ1) is 20.7. The van der Waals surface area contributed by atoms with Crippen molar-refractivity contribution in [3.8, 4) is 27.7 Å². The Morgan fingerprint density at radius 3 is 2.78 bits per heavy atom. The molecule has 7 heteroatoms. The van der Waals surface area contributed by atoms with Crippen LogP contribution in [0.25, 0.3) is 22.0 Å². The van der Waals surface area contributed by atoms with Gasteiger partial charge in [0.05, 0.1) is 23.6 Å². The number of amides is 1. The standard InChI is InChI=1S/C25H20ClN3O2S/c1-15-25(30)29(14-17-6-5-7-19(26)12-17)21-13-18(9-10-22(21)31-15)23-16(2)32-24(28-23)20-8-3-4-11-27-20/h3-13,15H,14H2,1-2H3. The number of benzene rings is 2. The van der Waals surface area contributed by atoms with Gasteiger partial charge in [-0.3, -0.25) is 9.78 Å². The second-order valence-electron chi connectivity index (χ2n) is 7.64. The second-order valence-corrected chi connectivity index (χ2v) is 9.28. The summed E-state index contributed by atoms with van der Waals surface area (Å²) in [6.45, 7) is 4.24. The predicted octanol–water partition coefficient (Wildman–Crippen LogP) is 6.15. The predicted molar refractivity (Wildman–Crippen MR) is 128 cm³/mol. The molecule has 3 heterocycles. The van der Waals surface area contributed by atoms with E-state index >= 15 is 0 Å². The molecule has 5 rings (SSSR count). The minimum Gasteiger partial charge on any atom is -0.479 e. The number of rotatable bonds is 4. The van der Waals surface area contributed by atoms with Crippen molar-refractivity contribution in [3.05, 3.63) is 82.3 Å². The van der Waals surface area contributed by atoms with Gasteiger partial charge < -0.3 is 9.64 Å². The third kappa shape index (κ3) is 3.87. The fourth-order valence-corrected chi connectivity index (χ4v) is 4.92. The summed E-state index contributed by atoms with van der Waals surface area (Å²) >= 11 is 7.77. The van der Waals surface area contributed by atoms with Gasteiger partial charge in [0.1, 0.15) is 10.8 Å². The summed E-state index contributed by atoms with van der Waals surface area (Å²) in [5.74, 6) is 0.597. The minimum absolute atomic E-state index is 0.0844. The van der Waals surface area contributed by atoms with Gasteiger partial charge in [0.25, 0.3) is 5.91 Å². The van der Waals surface area contributed by atoms with E-state index in [4.69, 9.17) is 21.3 Å². The molecule has 1 aliphatic rings. The maximum Gasteiger partial charge on any atom is 0.268 e. The zero-order valence-corrected chi connectivity index (χ0v) is 19.2.